The van der Waals surface area contributed by atoms with Gasteiger partial charge in [-0.3, -0.25) is 0 Å². The molecule has 4 aromatic rings. The lowest BCUT2D eigenvalue weighted by Gasteiger charge is -2.47. The Hall–Kier alpha value is -3.02. The number of rotatable bonds is 4. The van der Waals surface area contributed by atoms with Gasteiger partial charge >= 0.3 is 0 Å². The van der Waals surface area contributed by atoms with Gasteiger partial charge < -0.3 is 10.3 Å². The first-order chi connectivity index (χ1) is 16.6. The predicted octanol–water partition coefficient (Wildman–Crippen LogP) is 7.17. The first-order valence-corrected chi connectivity index (χ1v) is 12.6. The van der Waals surface area contributed by atoms with E-state index in [1.54, 1.807) is 6.20 Å². The number of anilines is 1. The predicted molar refractivity (Wildman–Crippen MR) is 131 cm³/mol. The molecule has 2 bridgehead atoms. The van der Waals surface area contributed by atoms with Crippen LogP contribution >= 0.6 is 0 Å². The molecule has 2 N–H and O–H groups in total. The Morgan fingerprint density at radius 2 is 1.74 bits per heavy atom. The lowest BCUT2D eigenvalue weighted by Crippen LogP contribution is -2.47. The van der Waals surface area contributed by atoms with Gasteiger partial charge in [0.25, 0.3) is 0 Å². The molecule has 2 atom stereocenters. The summed E-state index contributed by atoms with van der Waals surface area (Å²) in [7, 11) is 0. The molecule has 8 rings (SSSR count). The van der Waals surface area contributed by atoms with Crippen LogP contribution < -0.4 is 5.32 Å². The van der Waals surface area contributed by atoms with Gasteiger partial charge in [-0.1, -0.05) is 19.1 Å². The maximum Gasteiger partial charge on any atom is 0.164 e. The molecule has 0 amide bonds. The van der Waals surface area contributed by atoms with Crippen LogP contribution in [0.3, 0.4) is 0 Å². The summed E-state index contributed by atoms with van der Waals surface area (Å²) >= 11 is 0. The molecule has 0 spiro atoms. The highest BCUT2D eigenvalue weighted by molar-refractivity contribution is 5.98. The molecule has 4 aliphatic carbocycles. The zero-order chi connectivity index (χ0) is 23.0. The van der Waals surface area contributed by atoms with E-state index in [4.69, 9.17) is 9.97 Å². The van der Waals surface area contributed by atoms with Crippen molar-refractivity contribution in [2.24, 2.45) is 17.8 Å². The number of H-pyrrole nitrogens is 1. The molecule has 2 aromatic heterocycles. The SMILES string of the molecule is C[C@@H]1C2CCC(CC2)[C@H]1Nc1nc(-c2c[nH]c3c(F)cc(F)cc23)nc2c(C3CC3)cccc12. The van der Waals surface area contributed by atoms with Crippen LogP contribution in [0, 0.1) is 29.4 Å². The number of para-hydroxylation sites is 1. The molecule has 2 heterocycles. The van der Waals surface area contributed by atoms with E-state index in [0.29, 0.717) is 40.6 Å². The summed E-state index contributed by atoms with van der Waals surface area (Å²) in [5.41, 5.74) is 3.11. The summed E-state index contributed by atoms with van der Waals surface area (Å²) in [6, 6.07) is 9.04. The second-order valence-corrected chi connectivity index (χ2v) is 10.6. The van der Waals surface area contributed by atoms with Crippen LogP contribution in [-0.2, 0) is 0 Å². The lowest BCUT2D eigenvalue weighted by molar-refractivity contribution is 0.0929. The van der Waals surface area contributed by atoms with Crippen LogP contribution in [0.2, 0.25) is 0 Å². The van der Waals surface area contributed by atoms with Gasteiger partial charge in [0, 0.05) is 34.6 Å². The molecule has 34 heavy (non-hydrogen) atoms. The Morgan fingerprint density at radius 3 is 2.50 bits per heavy atom. The van der Waals surface area contributed by atoms with E-state index in [9.17, 15) is 8.78 Å². The van der Waals surface area contributed by atoms with E-state index in [-0.39, 0.29) is 5.52 Å². The molecule has 4 nitrogen and oxygen atoms in total. The average molecular weight is 459 g/mol. The maximum atomic E-state index is 14.4. The molecule has 0 radical (unpaired) electrons. The largest absolute Gasteiger partial charge is 0.366 e. The summed E-state index contributed by atoms with van der Waals surface area (Å²) in [6.07, 6.45) is 9.26. The number of aromatic amines is 1. The Bertz CT molecular complexity index is 1410. The van der Waals surface area contributed by atoms with E-state index >= 15 is 0 Å². The van der Waals surface area contributed by atoms with Crippen molar-refractivity contribution in [2.75, 3.05) is 5.32 Å². The van der Waals surface area contributed by atoms with Crippen LogP contribution in [0.1, 0.15) is 56.9 Å². The molecule has 4 fully saturated rings. The van der Waals surface area contributed by atoms with Gasteiger partial charge in [0.2, 0.25) is 0 Å². The van der Waals surface area contributed by atoms with Crippen molar-refractivity contribution in [3.63, 3.8) is 0 Å². The highest BCUT2D eigenvalue weighted by Crippen LogP contribution is 2.47. The van der Waals surface area contributed by atoms with Crippen LogP contribution in [-0.4, -0.2) is 21.0 Å². The fraction of sp³-hybridized carbons (Fsp3) is 0.429. The van der Waals surface area contributed by atoms with Crippen LogP contribution in [0.4, 0.5) is 14.6 Å². The van der Waals surface area contributed by atoms with Crippen molar-refractivity contribution in [1.29, 1.82) is 0 Å². The minimum Gasteiger partial charge on any atom is -0.366 e. The Labute approximate surface area is 197 Å². The lowest BCUT2D eigenvalue weighted by atomic mass is 9.62. The van der Waals surface area contributed by atoms with Gasteiger partial charge in [-0.2, -0.15) is 0 Å². The molecule has 0 unspecified atom stereocenters. The number of fused-ring (bicyclic) bond motifs is 5. The molecule has 4 aliphatic rings. The molecule has 0 saturated heterocycles. The molecule has 6 heteroatoms. The number of benzene rings is 2. The van der Waals surface area contributed by atoms with Crippen molar-refractivity contribution in [1.82, 2.24) is 15.0 Å². The molecule has 174 valence electrons. The highest BCUT2D eigenvalue weighted by Gasteiger charge is 2.41. The highest BCUT2D eigenvalue weighted by atomic mass is 19.1. The van der Waals surface area contributed by atoms with Crippen LogP contribution in [0.5, 0.6) is 0 Å². The zero-order valence-corrected chi connectivity index (χ0v) is 19.2. The number of nitrogens with zero attached hydrogens (tertiary/aromatic N) is 2. The molecule has 2 aromatic carbocycles. The average Bonchev–Trinajstić information content (AvgIpc) is 3.60. The Balaban J connectivity index is 1.41. The van der Waals surface area contributed by atoms with Gasteiger partial charge in [-0.15, -0.1) is 0 Å². The topological polar surface area (TPSA) is 53.6 Å². The van der Waals surface area contributed by atoms with Crippen molar-refractivity contribution < 1.29 is 8.78 Å². The van der Waals surface area contributed by atoms with Crippen molar-refractivity contribution >= 4 is 27.6 Å². The second-order valence-electron chi connectivity index (χ2n) is 10.6. The van der Waals surface area contributed by atoms with Crippen molar-refractivity contribution in [3.8, 4) is 11.4 Å². The third-order valence-corrected chi connectivity index (χ3v) is 8.66. The monoisotopic (exact) mass is 458 g/mol. The fourth-order valence-corrected chi connectivity index (χ4v) is 6.63. The van der Waals surface area contributed by atoms with Crippen LogP contribution in [0.15, 0.2) is 36.5 Å². The molecular formula is C28H28F2N4. The van der Waals surface area contributed by atoms with Gasteiger partial charge in [-0.05, 0) is 79.9 Å². The molecule has 0 aliphatic heterocycles. The van der Waals surface area contributed by atoms with Gasteiger partial charge in [0.1, 0.15) is 17.5 Å². The number of hydrogen-bond donors (Lipinski definition) is 2. The number of nitrogens with one attached hydrogen (secondary N) is 2. The minimum atomic E-state index is -0.605. The van der Waals surface area contributed by atoms with Crippen molar-refractivity contribution in [2.45, 2.75) is 57.4 Å². The standard InChI is InChI=1S/C28H28F2N4/c1-14-15-5-9-17(10-6-15)24(14)32-27-20-4-2-3-19(16-7-8-16)25(20)33-28(34-27)22-13-31-26-21(22)11-18(29)12-23(26)30/h2-4,11-17,24,31H,5-10H2,1H3,(H,32,33,34)/t14-,15?,17?,24+/m1/s1. The van der Waals surface area contributed by atoms with Gasteiger partial charge in [0.05, 0.1) is 11.0 Å². The van der Waals surface area contributed by atoms with E-state index < -0.39 is 11.6 Å². The Morgan fingerprint density at radius 1 is 0.941 bits per heavy atom. The normalized spacial score (nSPS) is 26.4. The van der Waals surface area contributed by atoms with E-state index in [1.165, 1.54) is 50.2 Å². The first kappa shape index (κ1) is 20.4. The smallest absolute Gasteiger partial charge is 0.164 e. The Kier molecular flexibility index (Phi) is 4.49. The van der Waals surface area contributed by atoms with E-state index in [0.717, 1.165) is 28.7 Å². The molecular weight excluding hydrogens is 430 g/mol. The van der Waals surface area contributed by atoms with Crippen molar-refractivity contribution in [3.05, 3.63) is 53.7 Å². The zero-order valence-electron chi connectivity index (χ0n) is 19.2. The summed E-state index contributed by atoms with van der Waals surface area (Å²) < 4.78 is 28.5. The summed E-state index contributed by atoms with van der Waals surface area (Å²) in [4.78, 5) is 13.0. The maximum absolute atomic E-state index is 14.4. The number of halogens is 2. The van der Waals surface area contributed by atoms with E-state index in [2.05, 4.69) is 35.4 Å². The quantitative estimate of drug-likeness (QED) is 0.341. The molecule has 4 saturated carbocycles. The summed E-state index contributed by atoms with van der Waals surface area (Å²) in [5.74, 6) is 2.71. The summed E-state index contributed by atoms with van der Waals surface area (Å²) in [6.45, 7) is 2.37. The number of aromatic nitrogens is 3. The van der Waals surface area contributed by atoms with E-state index in [1.807, 2.05) is 0 Å². The minimum absolute atomic E-state index is 0.281. The summed E-state index contributed by atoms with van der Waals surface area (Å²) in [5, 5.41) is 5.37. The van der Waals surface area contributed by atoms with Gasteiger partial charge in [0.15, 0.2) is 5.82 Å². The van der Waals surface area contributed by atoms with Crippen LogP contribution in [0.25, 0.3) is 33.2 Å². The second kappa shape index (κ2) is 7.49. The van der Waals surface area contributed by atoms with Gasteiger partial charge in [-0.25, -0.2) is 18.7 Å². The number of hydrogen-bond acceptors (Lipinski definition) is 3. The first-order valence-electron chi connectivity index (χ1n) is 12.6. The third kappa shape index (κ3) is 3.14. The third-order valence-electron chi connectivity index (χ3n) is 8.66. The fourth-order valence-electron chi connectivity index (χ4n) is 6.63.